The van der Waals surface area contributed by atoms with E-state index >= 15 is 0 Å². The molecule has 64 valence electrons. The highest BCUT2D eigenvalue weighted by atomic mass is 16.4. The van der Waals surface area contributed by atoms with Crippen LogP contribution in [0.15, 0.2) is 12.2 Å². The lowest BCUT2D eigenvalue weighted by atomic mass is 9.90. The van der Waals surface area contributed by atoms with Gasteiger partial charge in [0.2, 0.25) is 0 Å². The number of hydrogen-bond donors (Lipinski definition) is 2. The van der Waals surface area contributed by atoms with Crippen molar-refractivity contribution in [2.45, 2.75) is 26.3 Å². The van der Waals surface area contributed by atoms with Crippen LogP contribution in [0.5, 0.6) is 0 Å². The van der Waals surface area contributed by atoms with Crippen molar-refractivity contribution < 1.29 is 9.90 Å². The molecule has 0 saturated carbocycles. The van der Waals surface area contributed by atoms with E-state index in [9.17, 15) is 4.79 Å². The van der Waals surface area contributed by atoms with Gasteiger partial charge >= 0.3 is 5.97 Å². The predicted octanol–water partition coefficient (Wildman–Crippen LogP) is 1.00. The second-order valence-corrected chi connectivity index (χ2v) is 3.31. The van der Waals surface area contributed by atoms with Gasteiger partial charge in [-0.15, -0.1) is 0 Å². The number of hydrogen-bond acceptors (Lipinski definition) is 2. The van der Waals surface area contributed by atoms with E-state index in [1.54, 1.807) is 6.08 Å². The van der Waals surface area contributed by atoms with Crippen LogP contribution in [0.1, 0.15) is 20.8 Å². The van der Waals surface area contributed by atoms with Crippen LogP contribution in [-0.4, -0.2) is 16.6 Å². The summed E-state index contributed by atoms with van der Waals surface area (Å²) in [4.78, 5) is 10.1. The predicted molar refractivity (Wildman–Crippen MR) is 44.2 cm³/mol. The first-order valence-electron chi connectivity index (χ1n) is 3.54. The molecule has 0 aromatic heterocycles. The lowest BCUT2D eigenvalue weighted by molar-refractivity contribution is -0.131. The molecular weight excluding hydrogens is 142 g/mol. The van der Waals surface area contributed by atoms with Crippen molar-refractivity contribution in [1.29, 1.82) is 0 Å². The van der Waals surface area contributed by atoms with E-state index in [0.717, 1.165) is 6.08 Å². The van der Waals surface area contributed by atoms with Gasteiger partial charge in [-0.3, -0.25) is 0 Å². The molecule has 0 fully saturated rings. The van der Waals surface area contributed by atoms with Crippen molar-refractivity contribution in [2.24, 2.45) is 11.7 Å². The van der Waals surface area contributed by atoms with E-state index in [-0.39, 0.29) is 11.5 Å². The Morgan fingerprint density at radius 3 is 2.36 bits per heavy atom. The van der Waals surface area contributed by atoms with Crippen LogP contribution in [0.3, 0.4) is 0 Å². The van der Waals surface area contributed by atoms with Gasteiger partial charge in [-0.2, -0.15) is 0 Å². The molecule has 1 atom stereocenters. The third-order valence-electron chi connectivity index (χ3n) is 1.70. The standard InChI is InChI=1S/C8H15NO2/c1-6(8(2,3)9)4-5-7(10)11/h4-6H,9H2,1-3H3,(H,10,11). The minimum atomic E-state index is -0.930. The van der Waals surface area contributed by atoms with Crippen molar-refractivity contribution in [3.8, 4) is 0 Å². The van der Waals surface area contributed by atoms with Crippen LogP contribution in [0.4, 0.5) is 0 Å². The van der Waals surface area contributed by atoms with Crippen LogP contribution < -0.4 is 5.73 Å². The van der Waals surface area contributed by atoms with E-state index in [1.165, 1.54) is 0 Å². The monoisotopic (exact) mass is 157 g/mol. The van der Waals surface area contributed by atoms with E-state index in [0.29, 0.717) is 0 Å². The maximum absolute atomic E-state index is 10.1. The molecular formula is C8H15NO2. The molecule has 0 aromatic rings. The second kappa shape index (κ2) is 3.53. The van der Waals surface area contributed by atoms with Gasteiger partial charge in [-0.1, -0.05) is 13.0 Å². The molecule has 0 bridgehead atoms. The van der Waals surface area contributed by atoms with Crippen molar-refractivity contribution in [3.05, 3.63) is 12.2 Å². The number of nitrogens with two attached hydrogens (primary N) is 1. The van der Waals surface area contributed by atoms with Gasteiger partial charge in [0.05, 0.1) is 0 Å². The fourth-order valence-corrected chi connectivity index (χ4v) is 0.475. The molecule has 0 aliphatic carbocycles. The smallest absolute Gasteiger partial charge is 0.327 e. The highest BCUT2D eigenvalue weighted by Gasteiger charge is 2.17. The molecule has 0 heterocycles. The lowest BCUT2D eigenvalue weighted by Gasteiger charge is -2.23. The number of rotatable bonds is 3. The zero-order chi connectivity index (χ0) is 9.07. The van der Waals surface area contributed by atoms with Crippen molar-refractivity contribution >= 4 is 5.97 Å². The van der Waals surface area contributed by atoms with E-state index in [2.05, 4.69) is 0 Å². The van der Waals surface area contributed by atoms with E-state index in [4.69, 9.17) is 10.8 Å². The van der Waals surface area contributed by atoms with Gasteiger partial charge < -0.3 is 10.8 Å². The maximum atomic E-state index is 10.1. The number of carboxylic acids is 1. The molecule has 0 spiro atoms. The Hall–Kier alpha value is -0.830. The summed E-state index contributed by atoms with van der Waals surface area (Å²) in [6, 6.07) is 0. The number of carbonyl (C=O) groups is 1. The summed E-state index contributed by atoms with van der Waals surface area (Å²) in [6.07, 6.45) is 2.72. The Labute approximate surface area is 66.9 Å². The molecule has 3 nitrogen and oxygen atoms in total. The average molecular weight is 157 g/mol. The highest BCUT2D eigenvalue weighted by Crippen LogP contribution is 2.13. The van der Waals surface area contributed by atoms with Crippen molar-refractivity contribution in [1.82, 2.24) is 0 Å². The van der Waals surface area contributed by atoms with Gasteiger partial charge in [-0.25, -0.2) is 4.79 Å². The van der Waals surface area contributed by atoms with Gasteiger partial charge in [0.15, 0.2) is 0 Å². The molecule has 11 heavy (non-hydrogen) atoms. The highest BCUT2D eigenvalue weighted by molar-refractivity contribution is 5.79. The molecule has 0 rings (SSSR count). The van der Waals surface area contributed by atoms with Gasteiger partial charge in [0.1, 0.15) is 0 Å². The van der Waals surface area contributed by atoms with E-state index in [1.807, 2.05) is 20.8 Å². The first-order valence-corrected chi connectivity index (χ1v) is 3.54. The van der Waals surface area contributed by atoms with Crippen LogP contribution in [0.2, 0.25) is 0 Å². The summed E-state index contributed by atoms with van der Waals surface area (Å²) >= 11 is 0. The van der Waals surface area contributed by atoms with Gasteiger partial charge in [-0.05, 0) is 19.8 Å². The normalized spacial score (nSPS) is 15.3. The van der Waals surface area contributed by atoms with Crippen LogP contribution in [-0.2, 0) is 4.79 Å². The summed E-state index contributed by atoms with van der Waals surface area (Å²) in [5, 5.41) is 8.30. The molecule has 1 unspecified atom stereocenters. The van der Waals surface area contributed by atoms with Crippen LogP contribution in [0, 0.1) is 5.92 Å². The van der Waals surface area contributed by atoms with Crippen molar-refractivity contribution in [2.75, 3.05) is 0 Å². The Morgan fingerprint density at radius 2 is 2.09 bits per heavy atom. The summed E-state index contributed by atoms with van der Waals surface area (Å²) in [6.45, 7) is 5.62. The molecule has 0 aliphatic heterocycles. The molecule has 3 N–H and O–H groups in total. The summed E-state index contributed by atoms with van der Waals surface area (Å²) < 4.78 is 0. The van der Waals surface area contributed by atoms with Crippen LogP contribution in [0.25, 0.3) is 0 Å². The third-order valence-corrected chi connectivity index (χ3v) is 1.70. The third kappa shape index (κ3) is 4.56. The zero-order valence-corrected chi connectivity index (χ0v) is 7.16. The Bertz CT molecular complexity index is 167. The first-order chi connectivity index (χ1) is 4.84. The Balaban J connectivity index is 4.07. The topological polar surface area (TPSA) is 63.3 Å². The fraction of sp³-hybridized carbons (Fsp3) is 0.625. The SMILES string of the molecule is CC(C=CC(=O)O)C(C)(C)N. The Kier molecular flexibility index (Phi) is 3.26. The molecule has 0 aromatic carbocycles. The molecule has 0 aliphatic rings. The van der Waals surface area contributed by atoms with Crippen LogP contribution >= 0.6 is 0 Å². The minimum Gasteiger partial charge on any atom is -0.478 e. The quantitative estimate of drug-likeness (QED) is 0.601. The molecule has 0 amide bonds. The molecule has 3 heteroatoms. The van der Waals surface area contributed by atoms with Crippen molar-refractivity contribution in [3.63, 3.8) is 0 Å². The molecule has 0 saturated heterocycles. The van der Waals surface area contributed by atoms with Gasteiger partial charge in [0, 0.05) is 11.6 Å². The number of aliphatic carboxylic acids is 1. The zero-order valence-electron chi connectivity index (χ0n) is 7.16. The summed E-state index contributed by atoms with van der Waals surface area (Å²) in [5.41, 5.74) is 5.37. The first kappa shape index (κ1) is 10.2. The minimum absolute atomic E-state index is 0.0681. The lowest BCUT2D eigenvalue weighted by Crippen LogP contribution is -2.38. The second-order valence-electron chi connectivity index (χ2n) is 3.31. The summed E-state index contributed by atoms with van der Waals surface area (Å²) in [5.74, 6) is -0.861. The number of carboxylic acid groups (broad SMARTS) is 1. The van der Waals surface area contributed by atoms with E-state index < -0.39 is 5.97 Å². The summed E-state index contributed by atoms with van der Waals surface area (Å²) in [7, 11) is 0. The average Bonchev–Trinajstić information content (AvgIpc) is 1.80. The van der Waals surface area contributed by atoms with Gasteiger partial charge in [0.25, 0.3) is 0 Å². The molecule has 0 radical (unpaired) electrons. The largest absolute Gasteiger partial charge is 0.478 e. The maximum Gasteiger partial charge on any atom is 0.327 e. The Morgan fingerprint density at radius 1 is 1.64 bits per heavy atom. The fourth-order valence-electron chi connectivity index (χ4n) is 0.475.